The number of β-amino-alcohol motifs (C(OH)–C–C–N with tert-alkyl or cyclic N) is 1. The van der Waals surface area contributed by atoms with Gasteiger partial charge in [-0.15, -0.1) is 11.3 Å². The first-order valence-corrected chi connectivity index (χ1v) is 12.4. The quantitative estimate of drug-likeness (QED) is 0.526. The van der Waals surface area contributed by atoms with Crippen LogP contribution in [0.4, 0.5) is 0 Å². The summed E-state index contributed by atoms with van der Waals surface area (Å²) in [6, 6.07) is 7.13. The van der Waals surface area contributed by atoms with Crippen molar-refractivity contribution in [2.75, 3.05) is 13.1 Å². The number of Topliss-reactive ketones (excluding diaryl/α,β-unsaturated/α-hetero) is 1. The molecule has 2 amide bonds. The molecule has 34 heavy (non-hydrogen) atoms. The Morgan fingerprint density at radius 3 is 2.50 bits per heavy atom. The number of nitrogens with one attached hydrogen (secondary N) is 1. The van der Waals surface area contributed by atoms with Gasteiger partial charge in [0.25, 0.3) is 0 Å². The topological polar surface area (TPSA) is 126 Å². The van der Waals surface area contributed by atoms with Gasteiger partial charge in [-0.25, -0.2) is 4.98 Å². The largest absolute Gasteiger partial charge is 0.391 e. The average molecular weight is 487 g/mol. The number of rotatable bonds is 8. The third-order valence-electron chi connectivity index (χ3n) is 6.30. The number of hydrogen-bond acceptors (Lipinski definition) is 7. The Kier molecular flexibility index (Phi) is 8.22. The van der Waals surface area contributed by atoms with E-state index in [1.165, 1.54) is 4.90 Å². The number of thiazole rings is 1. The van der Waals surface area contributed by atoms with E-state index in [1.54, 1.807) is 11.3 Å². The number of ketones is 1. The molecule has 2 aromatic rings. The maximum absolute atomic E-state index is 13.4. The number of carbonyl (C=O) groups is 3. The number of amides is 2. The standard InChI is InChI=1S/C25H34N4O4S/c1-15-22(34-14-28-15)17-7-5-16(6-8-17)12-27-23(32)21-10-19(31)13-29(21)24(33)20(25(2,3)4)9-18(30)11-26/h5-8,14,19-21,31H,9-13,26H2,1-4H3,(H,27,32)/t19-,20-,21+/m1/s1. The number of nitrogens with two attached hydrogens (primary N) is 1. The number of likely N-dealkylation sites (tertiary alicyclic amines) is 1. The van der Waals surface area contributed by atoms with Gasteiger partial charge in [0.05, 0.1) is 28.7 Å². The van der Waals surface area contributed by atoms with E-state index in [1.807, 2.05) is 57.5 Å². The van der Waals surface area contributed by atoms with Crippen LogP contribution >= 0.6 is 11.3 Å². The fourth-order valence-corrected chi connectivity index (χ4v) is 5.05. The SMILES string of the molecule is Cc1ncsc1-c1ccc(CNC(=O)[C@@H]2C[C@@H](O)CN2C(=O)[C@@H](CC(=O)CN)C(C)(C)C)cc1. The van der Waals surface area contributed by atoms with Crippen molar-refractivity contribution in [1.29, 1.82) is 0 Å². The lowest BCUT2D eigenvalue weighted by atomic mass is 9.76. The van der Waals surface area contributed by atoms with Gasteiger partial charge in [-0.05, 0) is 23.5 Å². The van der Waals surface area contributed by atoms with Gasteiger partial charge < -0.3 is 21.1 Å². The maximum atomic E-state index is 13.4. The van der Waals surface area contributed by atoms with Gasteiger partial charge in [0, 0.05) is 31.8 Å². The van der Waals surface area contributed by atoms with Crippen LogP contribution in [-0.4, -0.2) is 57.8 Å². The Hall–Kier alpha value is -2.62. The van der Waals surface area contributed by atoms with Crippen LogP contribution in [0.15, 0.2) is 29.8 Å². The number of hydrogen-bond donors (Lipinski definition) is 3. The minimum absolute atomic E-state index is 0.0192. The molecular weight excluding hydrogens is 452 g/mol. The molecule has 1 aromatic carbocycles. The highest BCUT2D eigenvalue weighted by atomic mass is 32.1. The van der Waals surface area contributed by atoms with Gasteiger partial charge in [-0.1, -0.05) is 45.0 Å². The highest BCUT2D eigenvalue weighted by Gasteiger charge is 2.44. The summed E-state index contributed by atoms with van der Waals surface area (Å²) in [5.41, 5.74) is 9.78. The number of carbonyl (C=O) groups excluding carboxylic acids is 3. The summed E-state index contributed by atoms with van der Waals surface area (Å²) in [6.45, 7) is 7.88. The molecule has 0 spiro atoms. The molecule has 8 nitrogen and oxygen atoms in total. The number of aryl methyl sites for hydroxylation is 1. The second-order valence-corrected chi connectivity index (χ2v) is 10.8. The molecule has 1 aromatic heterocycles. The van der Waals surface area contributed by atoms with Crippen molar-refractivity contribution >= 4 is 28.9 Å². The van der Waals surface area contributed by atoms with Gasteiger partial charge in [-0.3, -0.25) is 14.4 Å². The van der Waals surface area contributed by atoms with Crippen molar-refractivity contribution in [3.8, 4) is 10.4 Å². The van der Waals surface area contributed by atoms with Crippen molar-refractivity contribution in [2.24, 2.45) is 17.1 Å². The lowest BCUT2D eigenvalue weighted by Gasteiger charge is -2.34. The number of aliphatic hydroxyl groups excluding tert-OH is 1. The van der Waals surface area contributed by atoms with Crippen LogP contribution in [0.1, 0.15) is 44.9 Å². The van der Waals surface area contributed by atoms with E-state index in [4.69, 9.17) is 5.73 Å². The smallest absolute Gasteiger partial charge is 0.243 e. The summed E-state index contributed by atoms with van der Waals surface area (Å²) >= 11 is 1.59. The molecule has 184 valence electrons. The lowest BCUT2D eigenvalue weighted by molar-refractivity contribution is -0.146. The van der Waals surface area contributed by atoms with Gasteiger partial charge in [0.15, 0.2) is 0 Å². The fourth-order valence-electron chi connectivity index (χ4n) is 4.24. The fraction of sp³-hybridized carbons (Fsp3) is 0.520. The van der Waals surface area contributed by atoms with Crippen LogP contribution in [0.3, 0.4) is 0 Å². The zero-order chi connectivity index (χ0) is 25.0. The maximum Gasteiger partial charge on any atom is 0.243 e. The molecule has 1 fully saturated rings. The second kappa shape index (κ2) is 10.8. The first-order valence-electron chi connectivity index (χ1n) is 11.5. The van der Waals surface area contributed by atoms with Crippen LogP contribution in [0.5, 0.6) is 0 Å². The molecule has 0 saturated carbocycles. The summed E-state index contributed by atoms with van der Waals surface area (Å²) in [5, 5.41) is 13.1. The van der Waals surface area contributed by atoms with Crippen LogP contribution in [0.25, 0.3) is 10.4 Å². The monoisotopic (exact) mass is 486 g/mol. The normalized spacial score (nSPS) is 19.2. The molecule has 9 heteroatoms. The molecule has 0 aliphatic carbocycles. The van der Waals surface area contributed by atoms with E-state index in [0.29, 0.717) is 6.54 Å². The van der Waals surface area contributed by atoms with Gasteiger partial charge >= 0.3 is 0 Å². The number of benzene rings is 1. The van der Waals surface area contributed by atoms with Gasteiger partial charge in [0.2, 0.25) is 11.8 Å². The second-order valence-electron chi connectivity index (χ2n) is 9.94. The summed E-state index contributed by atoms with van der Waals surface area (Å²) in [6.07, 6.45) is -0.596. The van der Waals surface area contributed by atoms with Crippen LogP contribution in [0, 0.1) is 18.3 Å². The van der Waals surface area contributed by atoms with E-state index in [9.17, 15) is 19.5 Å². The molecule has 3 rings (SSSR count). The van der Waals surface area contributed by atoms with E-state index in [0.717, 1.165) is 21.7 Å². The van der Waals surface area contributed by atoms with Gasteiger partial charge in [-0.2, -0.15) is 0 Å². The zero-order valence-electron chi connectivity index (χ0n) is 20.2. The average Bonchev–Trinajstić information content (AvgIpc) is 3.40. The number of aromatic nitrogens is 1. The van der Waals surface area contributed by atoms with Crippen LogP contribution in [-0.2, 0) is 20.9 Å². The number of nitrogens with zero attached hydrogens (tertiary/aromatic N) is 2. The zero-order valence-corrected chi connectivity index (χ0v) is 21.0. The molecular formula is C25H34N4O4S. The Bertz CT molecular complexity index is 1030. The first-order chi connectivity index (χ1) is 16.0. The van der Waals surface area contributed by atoms with E-state index in [-0.39, 0.29) is 43.5 Å². The van der Waals surface area contributed by atoms with Gasteiger partial charge in [0.1, 0.15) is 11.8 Å². The van der Waals surface area contributed by atoms with Crippen molar-refractivity contribution in [1.82, 2.24) is 15.2 Å². The predicted octanol–water partition coefficient (Wildman–Crippen LogP) is 2.28. The van der Waals surface area contributed by atoms with Crippen molar-refractivity contribution in [3.63, 3.8) is 0 Å². The van der Waals surface area contributed by atoms with E-state index < -0.39 is 23.5 Å². The van der Waals surface area contributed by atoms with Crippen LogP contribution < -0.4 is 11.1 Å². The Morgan fingerprint density at radius 1 is 1.26 bits per heavy atom. The van der Waals surface area contributed by atoms with E-state index >= 15 is 0 Å². The molecule has 0 unspecified atom stereocenters. The molecule has 3 atom stereocenters. The predicted molar refractivity (Wildman–Crippen MR) is 132 cm³/mol. The summed E-state index contributed by atoms with van der Waals surface area (Å²) in [5.74, 6) is -1.43. The highest BCUT2D eigenvalue weighted by molar-refractivity contribution is 7.13. The van der Waals surface area contributed by atoms with Crippen LogP contribution in [0.2, 0.25) is 0 Å². The third-order valence-corrected chi connectivity index (χ3v) is 7.27. The molecule has 0 radical (unpaired) electrons. The summed E-state index contributed by atoms with van der Waals surface area (Å²) in [4.78, 5) is 45.3. The van der Waals surface area contributed by atoms with Crippen molar-refractivity contribution in [3.05, 3.63) is 41.0 Å². The lowest BCUT2D eigenvalue weighted by Crippen LogP contribution is -2.50. The van der Waals surface area contributed by atoms with Crippen molar-refractivity contribution in [2.45, 2.75) is 59.2 Å². The molecule has 4 N–H and O–H groups in total. The first kappa shape index (κ1) is 26.0. The van der Waals surface area contributed by atoms with E-state index in [2.05, 4.69) is 10.3 Å². The number of aliphatic hydroxyl groups is 1. The molecule has 1 aliphatic rings. The minimum Gasteiger partial charge on any atom is -0.391 e. The Balaban J connectivity index is 1.67. The Labute approximate surface area is 204 Å². The molecule has 0 bridgehead atoms. The van der Waals surface area contributed by atoms with Crippen molar-refractivity contribution < 1.29 is 19.5 Å². The summed E-state index contributed by atoms with van der Waals surface area (Å²) < 4.78 is 0. The minimum atomic E-state index is -0.785. The Morgan fingerprint density at radius 2 is 1.94 bits per heavy atom. The summed E-state index contributed by atoms with van der Waals surface area (Å²) in [7, 11) is 0. The molecule has 2 heterocycles. The third kappa shape index (κ3) is 6.08. The molecule has 1 saturated heterocycles. The molecule has 1 aliphatic heterocycles. The highest BCUT2D eigenvalue weighted by Crippen LogP contribution is 2.33.